The molecular formula is C14H22N2O. The Balaban J connectivity index is 2.03. The molecule has 3 N–H and O–H groups in total. The highest BCUT2D eigenvalue weighted by molar-refractivity contribution is 5.58. The highest BCUT2D eigenvalue weighted by atomic mass is 16.5. The molecule has 0 spiro atoms. The lowest BCUT2D eigenvalue weighted by atomic mass is 9.87. The van der Waals surface area contributed by atoms with Gasteiger partial charge in [-0.25, -0.2) is 0 Å². The van der Waals surface area contributed by atoms with Crippen LogP contribution in [-0.4, -0.2) is 18.7 Å². The SMILES string of the molecule is CCCOc1cc(C)ccc1NC1CC(N)C1. The molecular weight excluding hydrogens is 212 g/mol. The first kappa shape index (κ1) is 12.2. The summed E-state index contributed by atoms with van der Waals surface area (Å²) >= 11 is 0. The topological polar surface area (TPSA) is 47.3 Å². The van der Waals surface area contributed by atoms with Gasteiger partial charge in [-0.15, -0.1) is 0 Å². The highest BCUT2D eigenvalue weighted by Gasteiger charge is 2.26. The first-order valence-electron chi connectivity index (χ1n) is 6.44. The minimum Gasteiger partial charge on any atom is -0.491 e. The summed E-state index contributed by atoms with van der Waals surface area (Å²) in [5.41, 5.74) is 8.12. The monoisotopic (exact) mass is 234 g/mol. The molecule has 94 valence electrons. The lowest BCUT2D eigenvalue weighted by Gasteiger charge is -2.34. The molecule has 3 nitrogen and oxygen atoms in total. The van der Waals surface area contributed by atoms with E-state index in [-0.39, 0.29) is 0 Å². The van der Waals surface area contributed by atoms with Gasteiger partial charge in [0.05, 0.1) is 12.3 Å². The van der Waals surface area contributed by atoms with Crippen LogP contribution in [0.25, 0.3) is 0 Å². The largest absolute Gasteiger partial charge is 0.491 e. The zero-order valence-corrected chi connectivity index (χ0v) is 10.7. The number of anilines is 1. The first-order valence-corrected chi connectivity index (χ1v) is 6.44. The maximum atomic E-state index is 5.79. The molecule has 3 heteroatoms. The Morgan fingerprint density at radius 2 is 2.18 bits per heavy atom. The molecule has 0 aromatic heterocycles. The second-order valence-electron chi connectivity index (χ2n) is 4.92. The van der Waals surface area contributed by atoms with Crippen molar-refractivity contribution >= 4 is 5.69 Å². The van der Waals surface area contributed by atoms with Gasteiger partial charge >= 0.3 is 0 Å². The smallest absolute Gasteiger partial charge is 0.142 e. The maximum Gasteiger partial charge on any atom is 0.142 e. The van der Waals surface area contributed by atoms with Crippen LogP contribution in [0, 0.1) is 6.92 Å². The van der Waals surface area contributed by atoms with Gasteiger partial charge in [0.2, 0.25) is 0 Å². The molecule has 0 amide bonds. The number of benzene rings is 1. The van der Waals surface area contributed by atoms with E-state index in [0.717, 1.165) is 37.3 Å². The summed E-state index contributed by atoms with van der Waals surface area (Å²) in [5, 5.41) is 3.51. The van der Waals surface area contributed by atoms with Crippen LogP contribution in [0.15, 0.2) is 18.2 Å². The summed E-state index contributed by atoms with van der Waals surface area (Å²) in [6, 6.07) is 7.19. The van der Waals surface area contributed by atoms with E-state index in [1.807, 2.05) is 0 Å². The maximum absolute atomic E-state index is 5.79. The van der Waals surface area contributed by atoms with Crippen molar-refractivity contribution in [2.75, 3.05) is 11.9 Å². The summed E-state index contributed by atoms with van der Waals surface area (Å²) in [6.07, 6.45) is 3.14. The molecule has 17 heavy (non-hydrogen) atoms. The zero-order valence-electron chi connectivity index (χ0n) is 10.7. The molecule has 0 aliphatic heterocycles. The van der Waals surface area contributed by atoms with Gasteiger partial charge in [-0.05, 0) is 43.9 Å². The fourth-order valence-electron chi connectivity index (χ4n) is 2.08. The molecule has 0 unspecified atom stereocenters. The third-order valence-corrected chi connectivity index (χ3v) is 3.13. The average molecular weight is 234 g/mol. The number of nitrogens with one attached hydrogen (secondary N) is 1. The minimum atomic E-state index is 0.373. The van der Waals surface area contributed by atoms with E-state index >= 15 is 0 Å². The normalized spacial score (nSPS) is 23.0. The fourth-order valence-corrected chi connectivity index (χ4v) is 2.08. The Labute approximate surface area is 103 Å². The van der Waals surface area contributed by atoms with Crippen molar-refractivity contribution in [2.45, 2.75) is 45.2 Å². The molecule has 0 saturated heterocycles. The predicted molar refractivity (Wildman–Crippen MR) is 71.6 cm³/mol. The van der Waals surface area contributed by atoms with Gasteiger partial charge in [0.15, 0.2) is 0 Å². The molecule has 1 aromatic carbocycles. The van der Waals surface area contributed by atoms with Crippen molar-refractivity contribution in [1.82, 2.24) is 0 Å². The van der Waals surface area contributed by atoms with E-state index in [0.29, 0.717) is 12.1 Å². The van der Waals surface area contributed by atoms with Crippen molar-refractivity contribution in [3.63, 3.8) is 0 Å². The van der Waals surface area contributed by atoms with E-state index in [1.54, 1.807) is 0 Å². The summed E-state index contributed by atoms with van der Waals surface area (Å²) < 4.78 is 5.77. The van der Waals surface area contributed by atoms with Gasteiger partial charge in [0.1, 0.15) is 5.75 Å². The molecule has 1 saturated carbocycles. The predicted octanol–water partition coefficient (Wildman–Crippen LogP) is 2.69. The molecule has 0 atom stereocenters. The van der Waals surface area contributed by atoms with Crippen LogP contribution in [0.5, 0.6) is 5.75 Å². The van der Waals surface area contributed by atoms with Crippen LogP contribution < -0.4 is 15.8 Å². The quantitative estimate of drug-likeness (QED) is 0.823. The average Bonchev–Trinajstić information content (AvgIpc) is 2.27. The van der Waals surface area contributed by atoms with Crippen LogP contribution in [-0.2, 0) is 0 Å². The summed E-state index contributed by atoms with van der Waals surface area (Å²) in [7, 11) is 0. The van der Waals surface area contributed by atoms with E-state index in [2.05, 4.69) is 37.4 Å². The summed E-state index contributed by atoms with van der Waals surface area (Å²) in [4.78, 5) is 0. The van der Waals surface area contributed by atoms with Crippen LogP contribution in [0.4, 0.5) is 5.69 Å². The Bertz CT molecular complexity index is 372. The van der Waals surface area contributed by atoms with Crippen molar-refractivity contribution < 1.29 is 4.74 Å². The van der Waals surface area contributed by atoms with Crippen LogP contribution in [0.3, 0.4) is 0 Å². The minimum absolute atomic E-state index is 0.373. The van der Waals surface area contributed by atoms with E-state index in [1.165, 1.54) is 5.56 Å². The fraction of sp³-hybridized carbons (Fsp3) is 0.571. The number of rotatable bonds is 5. The standard InChI is InChI=1S/C14H22N2O/c1-3-6-17-14-7-10(2)4-5-13(14)16-12-8-11(15)9-12/h4-5,7,11-12,16H,3,6,8-9,15H2,1-2H3. The molecule has 2 rings (SSSR count). The van der Waals surface area contributed by atoms with Crippen LogP contribution >= 0.6 is 0 Å². The molecule has 1 aliphatic carbocycles. The molecule has 1 aromatic rings. The summed E-state index contributed by atoms with van der Waals surface area (Å²) in [6.45, 7) is 4.97. The van der Waals surface area contributed by atoms with Gasteiger partial charge in [0.25, 0.3) is 0 Å². The first-order chi connectivity index (χ1) is 8.19. The number of hydrogen-bond acceptors (Lipinski definition) is 3. The molecule has 1 fully saturated rings. The van der Waals surface area contributed by atoms with Gasteiger partial charge < -0.3 is 15.8 Å². The Kier molecular flexibility index (Phi) is 3.89. The van der Waals surface area contributed by atoms with Crippen LogP contribution in [0.2, 0.25) is 0 Å². The second-order valence-corrected chi connectivity index (χ2v) is 4.92. The van der Waals surface area contributed by atoms with Gasteiger partial charge in [0, 0.05) is 12.1 Å². The van der Waals surface area contributed by atoms with Gasteiger partial charge in [-0.1, -0.05) is 13.0 Å². The highest BCUT2D eigenvalue weighted by Crippen LogP contribution is 2.30. The molecule has 0 bridgehead atoms. The number of nitrogens with two attached hydrogens (primary N) is 1. The molecule has 0 heterocycles. The number of hydrogen-bond donors (Lipinski definition) is 2. The third-order valence-electron chi connectivity index (χ3n) is 3.13. The number of aryl methyl sites for hydroxylation is 1. The summed E-state index contributed by atoms with van der Waals surface area (Å²) in [5.74, 6) is 0.965. The van der Waals surface area contributed by atoms with Crippen LogP contribution in [0.1, 0.15) is 31.7 Å². The zero-order chi connectivity index (χ0) is 12.3. The van der Waals surface area contributed by atoms with Crippen molar-refractivity contribution in [1.29, 1.82) is 0 Å². The Hall–Kier alpha value is -1.22. The lowest BCUT2D eigenvalue weighted by Crippen LogP contribution is -2.44. The van der Waals surface area contributed by atoms with Gasteiger partial charge in [-0.3, -0.25) is 0 Å². The lowest BCUT2D eigenvalue weighted by molar-refractivity contribution is 0.316. The second kappa shape index (κ2) is 5.41. The van der Waals surface area contributed by atoms with Crippen molar-refractivity contribution in [3.05, 3.63) is 23.8 Å². The van der Waals surface area contributed by atoms with Crippen molar-refractivity contribution in [3.8, 4) is 5.75 Å². The van der Waals surface area contributed by atoms with Crippen molar-refractivity contribution in [2.24, 2.45) is 5.73 Å². The van der Waals surface area contributed by atoms with E-state index < -0.39 is 0 Å². The molecule has 0 radical (unpaired) electrons. The molecule has 1 aliphatic rings. The third kappa shape index (κ3) is 3.13. The van der Waals surface area contributed by atoms with E-state index in [9.17, 15) is 0 Å². The van der Waals surface area contributed by atoms with Gasteiger partial charge in [-0.2, -0.15) is 0 Å². The Morgan fingerprint density at radius 3 is 2.82 bits per heavy atom. The van der Waals surface area contributed by atoms with E-state index in [4.69, 9.17) is 10.5 Å². The Morgan fingerprint density at radius 1 is 1.41 bits per heavy atom. The number of ether oxygens (including phenoxy) is 1.